The molecular weight excluding hydrogens is 386 g/mol. The summed E-state index contributed by atoms with van der Waals surface area (Å²) in [6.07, 6.45) is 1.23. The smallest absolute Gasteiger partial charge is 0.257 e. The van der Waals surface area contributed by atoms with Gasteiger partial charge in [-0.2, -0.15) is 0 Å². The van der Waals surface area contributed by atoms with Crippen molar-refractivity contribution in [2.45, 2.75) is 37.6 Å². The molecular formula is C22H23N3O3S. The lowest BCUT2D eigenvalue weighted by Gasteiger charge is -2.30. The third-order valence-corrected chi connectivity index (χ3v) is 6.96. The van der Waals surface area contributed by atoms with Crippen molar-refractivity contribution in [3.8, 4) is 0 Å². The van der Waals surface area contributed by atoms with E-state index in [4.69, 9.17) is 0 Å². The Hall–Kier alpha value is -2.80. The molecule has 6 nitrogen and oxygen atoms in total. The fourth-order valence-corrected chi connectivity index (χ4v) is 5.37. The van der Waals surface area contributed by atoms with Gasteiger partial charge in [-0.15, -0.1) is 11.8 Å². The first kappa shape index (κ1) is 19.5. The first-order chi connectivity index (χ1) is 13.9. The molecule has 0 saturated carbocycles. The van der Waals surface area contributed by atoms with Crippen LogP contribution < -0.4 is 10.6 Å². The number of hydrogen-bond donors (Lipinski definition) is 2. The Morgan fingerprint density at radius 3 is 2.72 bits per heavy atom. The maximum absolute atomic E-state index is 13.0. The van der Waals surface area contributed by atoms with Crippen molar-refractivity contribution in [2.24, 2.45) is 0 Å². The first-order valence-corrected chi connectivity index (χ1v) is 10.6. The van der Waals surface area contributed by atoms with E-state index in [9.17, 15) is 14.4 Å². The van der Waals surface area contributed by atoms with Crippen molar-refractivity contribution in [1.82, 2.24) is 4.90 Å². The normalized spacial score (nSPS) is 23.0. The highest BCUT2D eigenvalue weighted by Crippen LogP contribution is 2.47. The maximum atomic E-state index is 13.0. The largest absolute Gasteiger partial charge is 0.324 e. The number of amides is 3. The average Bonchev–Trinajstić information content (AvgIpc) is 3.18. The topological polar surface area (TPSA) is 78.5 Å². The van der Waals surface area contributed by atoms with Gasteiger partial charge < -0.3 is 15.5 Å². The van der Waals surface area contributed by atoms with E-state index in [1.54, 1.807) is 40.9 Å². The number of aryl methyl sites for hydroxylation is 1. The highest BCUT2D eigenvalue weighted by atomic mass is 32.2. The van der Waals surface area contributed by atoms with Crippen LogP contribution in [0.3, 0.4) is 0 Å². The number of thioether (sulfide) groups is 1. The van der Waals surface area contributed by atoms with Crippen LogP contribution in [0, 0.1) is 6.92 Å². The minimum absolute atomic E-state index is 0.0168. The van der Waals surface area contributed by atoms with Gasteiger partial charge >= 0.3 is 0 Å². The molecule has 2 aliphatic rings. The molecule has 150 valence electrons. The minimum Gasteiger partial charge on any atom is -0.324 e. The molecule has 2 N–H and O–H groups in total. The van der Waals surface area contributed by atoms with Crippen LogP contribution in [-0.4, -0.2) is 39.3 Å². The van der Waals surface area contributed by atoms with Crippen LogP contribution in [0.1, 0.15) is 35.7 Å². The number of hydrogen-bond acceptors (Lipinski definition) is 4. The molecule has 2 aromatic rings. The number of fused-ring (bicyclic) bond motifs is 1. The monoisotopic (exact) mass is 409 g/mol. The van der Waals surface area contributed by atoms with E-state index < -0.39 is 6.04 Å². The van der Waals surface area contributed by atoms with Crippen LogP contribution in [0.25, 0.3) is 0 Å². The number of nitrogens with zero attached hydrogens (tertiary/aromatic N) is 1. The maximum Gasteiger partial charge on any atom is 0.257 e. The van der Waals surface area contributed by atoms with Crippen LogP contribution in [0.5, 0.6) is 0 Å². The Balaban J connectivity index is 1.52. The number of rotatable bonds is 4. The van der Waals surface area contributed by atoms with Crippen LogP contribution in [0.15, 0.2) is 48.5 Å². The lowest BCUT2D eigenvalue weighted by molar-refractivity contribution is -0.135. The van der Waals surface area contributed by atoms with Gasteiger partial charge in [-0.25, -0.2) is 0 Å². The van der Waals surface area contributed by atoms with E-state index >= 15 is 0 Å². The van der Waals surface area contributed by atoms with Crippen molar-refractivity contribution in [3.63, 3.8) is 0 Å². The Morgan fingerprint density at radius 2 is 1.93 bits per heavy atom. The number of nitrogens with one attached hydrogen (secondary N) is 2. The SMILES string of the molecule is Cc1cccc(NC(=O)c2ccccc2NC(=O)C2CSC3(C)CCC(=O)N23)c1. The van der Waals surface area contributed by atoms with Gasteiger partial charge in [0.1, 0.15) is 6.04 Å². The van der Waals surface area contributed by atoms with Gasteiger partial charge in [0.15, 0.2) is 0 Å². The summed E-state index contributed by atoms with van der Waals surface area (Å²) in [6, 6.07) is 13.9. The van der Waals surface area contributed by atoms with E-state index in [0.29, 0.717) is 29.1 Å². The Morgan fingerprint density at radius 1 is 1.14 bits per heavy atom. The lowest BCUT2D eigenvalue weighted by atomic mass is 10.1. The standard InChI is InChI=1S/C22H23N3O3S/c1-14-6-5-7-15(12-14)23-20(27)16-8-3-4-9-17(16)24-21(28)18-13-29-22(2)11-10-19(26)25(18)22/h3-9,12,18H,10-11,13H2,1-2H3,(H,23,27)(H,24,28). The second-order valence-corrected chi connectivity index (χ2v) is 9.13. The predicted molar refractivity (Wildman–Crippen MR) is 115 cm³/mol. The van der Waals surface area contributed by atoms with Crippen molar-refractivity contribution < 1.29 is 14.4 Å². The minimum atomic E-state index is -0.520. The van der Waals surface area contributed by atoms with Crippen LogP contribution in [-0.2, 0) is 9.59 Å². The third kappa shape index (κ3) is 3.74. The van der Waals surface area contributed by atoms with Crippen LogP contribution in [0.4, 0.5) is 11.4 Å². The van der Waals surface area contributed by atoms with Crippen molar-refractivity contribution in [1.29, 1.82) is 0 Å². The average molecular weight is 410 g/mol. The molecule has 3 amide bonds. The fraction of sp³-hybridized carbons (Fsp3) is 0.318. The number of carbonyl (C=O) groups is 3. The van der Waals surface area contributed by atoms with E-state index in [-0.39, 0.29) is 22.6 Å². The summed E-state index contributed by atoms with van der Waals surface area (Å²) < 4.78 is 0. The Bertz CT molecular complexity index is 993. The van der Waals surface area contributed by atoms with Gasteiger partial charge in [0.2, 0.25) is 11.8 Å². The van der Waals surface area contributed by atoms with Crippen molar-refractivity contribution >= 4 is 40.9 Å². The van der Waals surface area contributed by atoms with Gasteiger partial charge in [-0.3, -0.25) is 14.4 Å². The van der Waals surface area contributed by atoms with E-state index in [2.05, 4.69) is 10.6 Å². The Labute approximate surface area is 174 Å². The fourth-order valence-electron chi connectivity index (χ4n) is 3.94. The summed E-state index contributed by atoms with van der Waals surface area (Å²) in [4.78, 5) is 39.5. The molecule has 2 saturated heterocycles. The summed E-state index contributed by atoms with van der Waals surface area (Å²) in [6.45, 7) is 3.97. The number of anilines is 2. The zero-order valence-electron chi connectivity index (χ0n) is 16.4. The van der Waals surface area contributed by atoms with Gasteiger partial charge in [0, 0.05) is 17.9 Å². The molecule has 2 aromatic carbocycles. The van der Waals surface area contributed by atoms with Crippen LogP contribution >= 0.6 is 11.8 Å². The zero-order chi connectivity index (χ0) is 20.6. The summed E-state index contributed by atoms with van der Waals surface area (Å²) >= 11 is 1.64. The summed E-state index contributed by atoms with van der Waals surface area (Å²) in [5, 5.41) is 5.75. The number of para-hydroxylation sites is 1. The molecule has 2 unspecified atom stereocenters. The molecule has 0 spiro atoms. The van der Waals surface area contributed by atoms with Crippen molar-refractivity contribution in [2.75, 3.05) is 16.4 Å². The number of benzene rings is 2. The lowest BCUT2D eigenvalue weighted by Crippen LogP contribution is -2.48. The van der Waals surface area contributed by atoms with Crippen molar-refractivity contribution in [3.05, 3.63) is 59.7 Å². The molecule has 0 radical (unpaired) electrons. The molecule has 2 atom stereocenters. The van der Waals surface area contributed by atoms with Gasteiger partial charge in [0.25, 0.3) is 5.91 Å². The predicted octanol–water partition coefficient (Wildman–Crippen LogP) is 3.64. The third-order valence-electron chi connectivity index (χ3n) is 5.45. The highest BCUT2D eigenvalue weighted by molar-refractivity contribution is 8.01. The van der Waals surface area contributed by atoms with E-state index in [1.807, 2.05) is 38.1 Å². The quantitative estimate of drug-likeness (QED) is 0.808. The second-order valence-electron chi connectivity index (χ2n) is 7.62. The molecule has 0 aromatic heterocycles. The molecule has 2 heterocycles. The molecule has 0 aliphatic carbocycles. The summed E-state index contributed by atoms with van der Waals surface area (Å²) in [7, 11) is 0. The molecule has 29 heavy (non-hydrogen) atoms. The van der Waals surface area contributed by atoms with E-state index in [1.165, 1.54) is 0 Å². The van der Waals surface area contributed by atoms with E-state index in [0.717, 1.165) is 12.0 Å². The Kier molecular flexibility index (Phi) is 5.08. The van der Waals surface area contributed by atoms with Gasteiger partial charge in [-0.1, -0.05) is 24.3 Å². The molecule has 7 heteroatoms. The highest BCUT2D eigenvalue weighted by Gasteiger charge is 2.52. The summed E-state index contributed by atoms with van der Waals surface area (Å²) in [5.74, 6) is 0.0240. The zero-order valence-corrected chi connectivity index (χ0v) is 17.2. The molecule has 4 rings (SSSR count). The van der Waals surface area contributed by atoms with Gasteiger partial charge in [-0.05, 0) is 50.1 Å². The van der Waals surface area contributed by atoms with Crippen LogP contribution in [0.2, 0.25) is 0 Å². The number of carbonyl (C=O) groups excluding carboxylic acids is 3. The molecule has 2 aliphatic heterocycles. The molecule has 0 bridgehead atoms. The first-order valence-electron chi connectivity index (χ1n) is 9.61. The summed E-state index contributed by atoms with van der Waals surface area (Å²) in [5.41, 5.74) is 2.56. The second kappa shape index (κ2) is 7.55. The molecule has 2 fully saturated rings. The van der Waals surface area contributed by atoms with Gasteiger partial charge in [0.05, 0.1) is 16.1 Å².